The number of nitro groups is 1. The van der Waals surface area contributed by atoms with Crippen LogP contribution in [-0.4, -0.2) is 38.5 Å². The van der Waals surface area contributed by atoms with Crippen LogP contribution in [0.3, 0.4) is 0 Å². The molecule has 1 aliphatic heterocycles. The average molecular weight is 420 g/mol. The van der Waals surface area contributed by atoms with Crippen LogP contribution in [0, 0.1) is 10.1 Å². The molecule has 0 saturated carbocycles. The Balaban J connectivity index is 1.71. The van der Waals surface area contributed by atoms with E-state index in [0.29, 0.717) is 6.54 Å². The van der Waals surface area contributed by atoms with Gasteiger partial charge in [0.25, 0.3) is 5.69 Å². The molecular formula is C19H25N5O4S. The van der Waals surface area contributed by atoms with E-state index in [0.717, 1.165) is 30.5 Å². The molecule has 0 unspecified atom stereocenters. The summed E-state index contributed by atoms with van der Waals surface area (Å²) in [6.45, 7) is 2.36. The van der Waals surface area contributed by atoms with E-state index in [1.54, 1.807) is 6.20 Å². The maximum absolute atomic E-state index is 11.9. The molecule has 10 heteroatoms. The Labute approximate surface area is 170 Å². The molecule has 0 atom stereocenters. The van der Waals surface area contributed by atoms with Crippen LogP contribution in [0.5, 0.6) is 0 Å². The Kier molecular flexibility index (Phi) is 6.65. The van der Waals surface area contributed by atoms with Crippen LogP contribution in [0.25, 0.3) is 0 Å². The molecule has 2 heterocycles. The van der Waals surface area contributed by atoms with E-state index in [1.165, 1.54) is 44.9 Å². The number of hydrogen-bond acceptors (Lipinski definition) is 7. The zero-order valence-corrected chi connectivity index (χ0v) is 17.1. The van der Waals surface area contributed by atoms with Crippen LogP contribution in [-0.2, 0) is 16.6 Å². The van der Waals surface area contributed by atoms with Crippen LogP contribution >= 0.6 is 0 Å². The highest BCUT2D eigenvalue weighted by Gasteiger charge is 2.20. The van der Waals surface area contributed by atoms with Crippen LogP contribution in [0.2, 0.25) is 0 Å². The third-order valence-electron chi connectivity index (χ3n) is 4.97. The lowest BCUT2D eigenvalue weighted by Gasteiger charge is -2.21. The minimum Gasteiger partial charge on any atom is -0.375 e. The van der Waals surface area contributed by atoms with Crippen molar-refractivity contribution >= 4 is 27.2 Å². The Morgan fingerprint density at radius 3 is 2.45 bits per heavy atom. The van der Waals surface area contributed by atoms with Crippen molar-refractivity contribution in [3.8, 4) is 0 Å². The lowest BCUT2D eigenvalue weighted by molar-refractivity contribution is -0.384. The number of nitro benzene ring substituents is 1. The highest BCUT2D eigenvalue weighted by molar-refractivity contribution is 7.89. The molecule has 0 spiro atoms. The molecule has 0 bridgehead atoms. The Bertz CT molecular complexity index is 955. The number of hydrogen-bond donors (Lipinski definition) is 2. The summed E-state index contributed by atoms with van der Waals surface area (Å²) in [7, 11) is -2.49. The van der Waals surface area contributed by atoms with Crippen LogP contribution in [0.15, 0.2) is 41.4 Å². The Morgan fingerprint density at radius 1 is 1.14 bits per heavy atom. The second kappa shape index (κ2) is 9.19. The largest absolute Gasteiger partial charge is 0.375 e. The van der Waals surface area contributed by atoms with E-state index in [1.807, 2.05) is 12.1 Å². The molecule has 0 aliphatic carbocycles. The number of benzene rings is 1. The molecule has 2 N–H and O–H groups in total. The van der Waals surface area contributed by atoms with Crippen molar-refractivity contribution < 1.29 is 13.3 Å². The summed E-state index contributed by atoms with van der Waals surface area (Å²) in [4.78, 5) is 17.5. The third kappa shape index (κ3) is 5.21. The highest BCUT2D eigenvalue weighted by atomic mass is 32.2. The monoisotopic (exact) mass is 419 g/mol. The number of nitrogens with zero attached hydrogens (tertiary/aromatic N) is 3. The molecule has 1 fully saturated rings. The summed E-state index contributed by atoms with van der Waals surface area (Å²) in [5, 5.41) is 14.4. The summed E-state index contributed by atoms with van der Waals surface area (Å²) >= 11 is 0. The predicted molar refractivity (Wildman–Crippen MR) is 112 cm³/mol. The number of rotatable bonds is 7. The van der Waals surface area contributed by atoms with Gasteiger partial charge >= 0.3 is 0 Å². The van der Waals surface area contributed by atoms with Gasteiger partial charge in [-0.3, -0.25) is 10.1 Å². The lowest BCUT2D eigenvalue weighted by atomic mass is 10.2. The maximum Gasteiger partial charge on any atom is 0.293 e. The molecule has 1 aromatic heterocycles. The molecule has 1 saturated heterocycles. The van der Waals surface area contributed by atoms with E-state index in [4.69, 9.17) is 0 Å². The first-order valence-corrected chi connectivity index (χ1v) is 11.0. The molecule has 9 nitrogen and oxygen atoms in total. The quantitative estimate of drug-likeness (QED) is 0.523. The minimum absolute atomic E-state index is 0.152. The number of sulfonamides is 1. The van der Waals surface area contributed by atoms with E-state index in [-0.39, 0.29) is 16.3 Å². The van der Waals surface area contributed by atoms with Gasteiger partial charge in [0.1, 0.15) is 11.5 Å². The number of nitrogens with one attached hydrogen (secondary N) is 2. The summed E-state index contributed by atoms with van der Waals surface area (Å²) in [5.41, 5.74) is 0.835. The van der Waals surface area contributed by atoms with Crippen molar-refractivity contribution in [2.75, 3.05) is 30.4 Å². The normalized spacial score (nSPS) is 15.0. The van der Waals surface area contributed by atoms with E-state index in [9.17, 15) is 18.5 Å². The molecular weight excluding hydrogens is 394 g/mol. The van der Waals surface area contributed by atoms with Crippen molar-refractivity contribution in [3.05, 3.63) is 52.2 Å². The van der Waals surface area contributed by atoms with Gasteiger partial charge in [-0.25, -0.2) is 18.1 Å². The summed E-state index contributed by atoms with van der Waals surface area (Å²) in [6.07, 6.45) is 6.62. The van der Waals surface area contributed by atoms with Gasteiger partial charge in [0.2, 0.25) is 10.0 Å². The molecule has 1 aliphatic rings. The van der Waals surface area contributed by atoms with Gasteiger partial charge in [0.15, 0.2) is 0 Å². The molecule has 0 radical (unpaired) electrons. The van der Waals surface area contributed by atoms with Gasteiger partial charge < -0.3 is 10.2 Å². The Morgan fingerprint density at radius 2 is 1.86 bits per heavy atom. The second-order valence-corrected chi connectivity index (χ2v) is 8.81. The topological polar surface area (TPSA) is 117 Å². The molecule has 29 heavy (non-hydrogen) atoms. The molecule has 0 amide bonds. The zero-order valence-electron chi connectivity index (χ0n) is 16.3. The van der Waals surface area contributed by atoms with E-state index >= 15 is 0 Å². The fraction of sp³-hybridized carbons (Fsp3) is 0.421. The van der Waals surface area contributed by atoms with Gasteiger partial charge in [-0.05, 0) is 43.7 Å². The van der Waals surface area contributed by atoms with E-state index in [2.05, 4.69) is 19.9 Å². The van der Waals surface area contributed by atoms with Crippen molar-refractivity contribution in [3.63, 3.8) is 0 Å². The number of aromatic nitrogens is 1. The molecule has 1 aromatic carbocycles. The van der Waals surface area contributed by atoms with Crippen LogP contribution in [0.1, 0.15) is 31.2 Å². The maximum atomic E-state index is 11.9. The predicted octanol–water partition coefficient (Wildman–Crippen LogP) is 2.89. The molecule has 2 aromatic rings. The van der Waals surface area contributed by atoms with Gasteiger partial charge in [0.05, 0.1) is 9.82 Å². The highest BCUT2D eigenvalue weighted by Crippen LogP contribution is 2.28. The summed E-state index contributed by atoms with van der Waals surface area (Å²) in [5.74, 6) is 0.947. The summed E-state index contributed by atoms with van der Waals surface area (Å²) < 4.78 is 25.9. The standard InChI is InChI=1S/C19H25N5O4S/c1-20-29(27,28)16-7-8-17(18(12-16)24(25)26)21-13-15-6-9-19(22-14-15)23-10-4-2-3-5-11-23/h6-9,12,14,20-21H,2-5,10-11,13H2,1H3. The zero-order chi connectivity index (χ0) is 20.9. The fourth-order valence-electron chi connectivity index (χ4n) is 3.30. The lowest BCUT2D eigenvalue weighted by Crippen LogP contribution is -2.24. The first kappa shape index (κ1) is 21.0. The minimum atomic E-state index is -3.75. The summed E-state index contributed by atoms with van der Waals surface area (Å²) in [6, 6.07) is 7.71. The smallest absolute Gasteiger partial charge is 0.293 e. The van der Waals surface area contributed by atoms with Gasteiger partial charge in [-0.2, -0.15) is 0 Å². The van der Waals surface area contributed by atoms with E-state index < -0.39 is 14.9 Å². The van der Waals surface area contributed by atoms with Gasteiger partial charge in [-0.1, -0.05) is 18.9 Å². The SMILES string of the molecule is CNS(=O)(=O)c1ccc(NCc2ccc(N3CCCCCC3)nc2)c([N+](=O)[O-])c1. The van der Waals surface area contributed by atoms with Gasteiger partial charge in [0, 0.05) is 31.9 Å². The first-order chi connectivity index (χ1) is 13.9. The Hall–Kier alpha value is -2.72. The average Bonchev–Trinajstić information content (AvgIpc) is 3.02. The van der Waals surface area contributed by atoms with Crippen molar-refractivity contribution in [2.45, 2.75) is 37.1 Å². The molecule has 156 valence electrons. The first-order valence-electron chi connectivity index (χ1n) is 9.56. The number of pyridine rings is 1. The third-order valence-corrected chi connectivity index (χ3v) is 6.38. The number of anilines is 2. The van der Waals surface area contributed by atoms with Crippen LogP contribution in [0.4, 0.5) is 17.2 Å². The van der Waals surface area contributed by atoms with Crippen molar-refractivity contribution in [1.29, 1.82) is 0 Å². The van der Waals surface area contributed by atoms with Crippen LogP contribution < -0.4 is 14.9 Å². The van der Waals surface area contributed by atoms with Crippen molar-refractivity contribution in [1.82, 2.24) is 9.71 Å². The fourth-order valence-corrected chi connectivity index (χ4v) is 4.05. The second-order valence-electron chi connectivity index (χ2n) is 6.92. The van der Waals surface area contributed by atoms with Crippen molar-refractivity contribution in [2.24, 2.45) is 0 Å². The molecule has 3 rings (SSSR count). The van der Waals surface area contributed by atoms with Gasteiger partial charge in [-0.15, -0.1) is 0 Å².